The second-order valence-electron chi connectivity index (χ2n) is 6.84. The Morgan fingerprint density at radius 2 is 1.71 bits per heavy atom. The summed E-state index contributed by atoms with van der Waals surface area (Å²) in [6, 6.07) is 6.76. The van der Waals surface area contributed by atoms with Crippen molar-refractivity contribution in [3.63, 3.8) is 0 Å². The molecule has 8 nitrogen and oxygen atoms in total. The van der Waals surface area contributed by atoms with E-state index in [1.54, 1.807) is 36.4 Å². The van der Waals surface area contributed by atoms with E-state index in [0.29, 0.717) is 5.69 Å². The molecule has 9 heteroatoms. The summed E-state index contributed by atoms with van der Waals surface area (Å²) in [5.41, 5.74) is -1.11. The van der Waals surface area contributed by atoms with Crippen molar-refractivity contribution in [3.05, 3.63) is 40.9 Å². The van der Waals surface area contributed by atoms with Gasteiger partial charge in [0.2, 0.25) is 11.8 Å². The van der Waals surface area contributed by atoms with Crippen molar-refractivity contribution < 1.29 is 33.4 Å². The fourth-order valence-corrected chi connectivity index (χ4v) is 4.33. The quantitative estimate of drug-likeness (QED) is 0.298. The highest BCUT2D eigenvalue weighted by molar-refractivity contribution is 9.10. The molecule has 2 amide bonds. The summed E-state index contributed by atoms with van der Waals surface area (Å²) in [6.45, 7) is 2.32. The van der Waals surface area contributed by atoms with Gasteiger partial charge in [-0.05, 0) is 30.3 Å². The minimum Gasteiger partial charge on any atom is -0.422 e. The van der Waals surface area contributed by atoms with Crippen molar-refractivity contribution in [2.45, 2.75) is 31.8 Å². The van der Waals surface area contributed by atoms with Crippen LogP contribution in [0.2, 0.25) is 0 Å². The summed E-state index contributed by atoms with van der Waals surface area (Å²) in [7, 11) is 0. The number of carbonyl (C=O) groups excluding carboxylic acids is 4. The maximum Gasteiger partial charge on any atom is 0.305 e. The lowest BCUT2D eigenvalue weighted by atomic mass is 9.76. The predicted molar refractivity (Wildman–Crippen MR) is 97.7 cm³/mol. The van der Waals surface area contributed by atoms with Crippen molar-refractivity contribution in [2.24, 2.45) is 11.8 Å². The summed E-state index contributed by atoms with van der Waals surface area (Å²) in [6.07, 6.45) is 1.04. The molecule has 0 N–H and O–H groups in total. The van der Waals surface area contributed by atoms with E-state index < -0.39 is 53.6 Å². The zero-order valence-corrected chi connectivity index (χ0v) is 16.5. The lowest BCUT2D eigenvalue weighted by molar-refractivity contribution is -0.226. The standard InChI is InChI=1S/C19H16BrNO7/c1-9(22)26-18(27-10(2)23)19-8-7-13(28-19)14-15(19)17(25)21(16(14)24)12-5-3-11(20)4-6-12/h3-8,13-15,18H,1-2H3/t13-,14-,15-,19+/m1/s1. The van der Waals surface area contributed by atoms with Crippen molar-refractivity contribution in [2.75, 3.05) is 4.90 Å². The van der Waals surface area contributed by atoms with Crippen molar-refractivity contribution in [1.29, 1.82) is 0 Å². The van der Waals surface area contributed by atoms with Gasteiger partial charge in [-0.25, -0.2) is 4.90 Å². The van der Waals surface area contributed by atoms with Crippen LogP contribution in [0.5, 0.6) is 0 Å². The molecule has 0 aliphatic carbocycles. The summed E-state index contributed by atoms with van der Waals surface area (Å²) in [4.78, 5) is 50.5. The predicted octanol–water partition coefficient (Wildman–Crippen LogP) is 1.71. The average molecular weight is 450 g/mol. The molecule has 2 fully saturated rings. The highest BCUT2D eigenvalue weighted by atomic mass is 79.9. The van der Waals surface area contributed by atoms with Crippen LogP contribution in [0, 0.1) is 11.8 Å². The van der Waals surface area contributed by atoms with Crippen LogP contribution in [0.1, 0.15) is 13.8 Å². The van der Waals surface area contributed by atoms with Gasteiger partial charge in [-0.1, -0.05) is 22.0 Å². The molecule has 1 aromatic carbocycles. The van der Waals surface area contributed by atoms with Gasteiger partial charge >= 0.3 is 11.9 Å². The number of imide groups is 1. The van der Waals surface area contributed by atoms with E-state index in [9.17, 15) is 19.2 Å². The highest BCUT2D eigenvalue weighted by Crippen LogP contribution is 2.54. The zero-order valence-electron chi connectivity index (χ0n) is 15.0. The van der Waals surface area contributed by atoms with Crippen LogP contribution in [0.15, 0.2) is 40.9 Å². The Labute approximate surface area is 168 Å². The van der Waals surface area contributed by atoms with E-state index >= 15 is 0 Å². The Morgan fingerprint density at radius 3 is 2.29 bits per heavy atom. The largest absolute Gasteiger partial charge is 0.422 e. The Bertz CT molecular complexity index is 895. The van der Waals surface area contributed by atoms with Gasteiger partial charge in [0.1, 0.15) is 0 Å². The number of hydrogen-bond donors (Lipinski definition) is 0. The van der Waals surface area contributed by atoms with Crippen LogP contribution >= 0.6 is 15.9 Å². The number of amides is 2. The third-order valence-electron chi connectivity index (χ3n) is 5.08. The first-order valence-electron chi connectivity index (χ1n) is 8.59. The molecule has 4 rings (SSSR count). The number of carbonyl (C=O) groups is 4. The molecule has 0 spiro atoms. The number of nitrogens with zero attached hydrogens (tertiary/aromatic N) is 1. The first-order valence-corrected chi connectivity index (χ1v) is 9.39. The van der Waals surface area contributed by atoms with Gasteiger partial charge in [-0.3, -0.25) is 19.2 Å². The Morgan fingerprint density at radius 1 is 1.11 bits per heavy atom. The van der Waals surface area contributed by atoms with E-state index in [4.69, 9.17) is 14.2 Å². The van der Waals surface area contributed by atoms with Crippen molar-refractivity contribution >= 4 is 45.4 Å². The third-order valence-corrected chi connectivity index (χ3v) is 5.61. The molecule has 3 aliphatic heterocycles. The molecule has 0 unspecified atom stereocenters. The lowest BCUT2D eigenvalue weighted by Crippen LogP contribution is -2.52. The summed E-state index contributed by atoms with van der Waals surface area (Å²) >= 11 is 3.32. The van der Waals surface area contributed by atoms with Gasteiger partial charge in [0.25, 0.3) is 6.29 Å². The summed E-state index contributed by atoms with van der Waals surface area (Å²) < 4.78 is 17.0. The van der Waals surface area contributed by atoms with Crippen LogP contribution < -0.4 is 4.90 Å². The molecule has 0 radical (unpaired) electrons. The van der Waals surface area contributed by atoms with Gasteiger partial charge < -0.3 is 14.2 Å². The Hall–Kier alpha value is -2.52. The number of halogens is 1. The number of esters is 2. The number of rotatable bonds is 4. The van der Waals surface area contributed by atoms with Crippen molar-refractivity contribution in [1.82, 2.24) is 0 Å². The topological polar surface area (TPSA) is 99.2 Å². The van der Waals surface area contributed by atoms with E-state index in [0.717, 1.165) is 23.2 Å². The highest BCUT2D eigenvalue weighted by Gasteiger charge is 2.72. The monoisotopic (exact) mass is 449 g/mol. The molecule has 146 valence electrons. The van der Waals surface area contributed by atoms with Gasteiger partial charge in [0.05, 0.1) is 23.6 Å². The molecule has 2 bridgehead atoms. The lowest BCUT2D eigenvalue weighted by Gasteiger charge is -2.34. The third kappa shape index (κ3) is 2.68. The molecular formula is C19H16BrNO7. The minimum atomic E-state index is -1.54. The number of ether oxygens (including phenoxy) is 3. The molecule has 4 atom stereocenters. The Balaban J connectivity index is 1.74. The van der Waals surface area contributed by atoms with Crippen LogP contribution in [-0.2, 0) is 33.4 Å². The minimum absolute atomic E-state index is 0.405. The Kier molecular flexibility index (Phi) is 4.39. The second kappa shape index (κ2) is 6.52. The van der Waals surface area contributed by atoms with E-state index in [-0.39, 0.29) is 0 Å². The summed E-state index contributed by atoms with van der Waals surface area (Å²) in [5, 5.41) is 0. The van der Waals surface area contributed by atoms with Crippen LogP contribution in [0.3, 0.4) is 0 Å². The second-order valence-corrected chi connectivity index (χ2v) is 7.75. The first kappa shape index (κ1) is 18.8. The molecule has 28 heavy (non-hydrogen) atoms. The number of anilines is 1. The van der Waals surface area contributed by atoms with Gasteiger partial charge in [-0.2, -0.15) is 0 Å². The maximum absolute atomic E-state index is 13.3. The van der Waals surface area contributed by atoms with Gasteiger partial charge in [-0.15, -0.1) is 0 Å². The average Bonchev–Trinajstić information content (AvgIpc) is 3.26. The molecule has 2 saturated heterocycles. The van der Waals surface area contributed by atoms with E-state index in [1.807, 2.05) is 0 Å². The number of benzene rings is 1. The first-order chi connectivity index (χ1) is 13.2. The normalized spacial score (nSPS) is 30.1. The van der Waals surface area contributed by atoms with Gasteiger partial charge in [0, 0.05) is 18.3 Å². The fraction of sp³-hybridized carbons (Fsp3) is 0.368. The molecule has 0 saturated carbocycles. The van der Waals surface area contributed by atoms with Gasteiger partial charge in [0.15, 0.2) is 5.60 Å². The molecule has 1 aromatic rings. The molecule has 0 aromatic heterocycles. The van der Waals surface area contributed by atoms with Crippen LogP contribution in [0.25, 0.3) is 0 Å². The van der Waals surface area contributed by atoms with Crippen LogP contribution in [0.4, 0.5) is 5.69 Å². The zero-order chi connectivity index (χ0) is 20.2. The maximum atomic E-state index is 13.3. The van der Waals surface area contributed by atoms with E-state index in [2.05, 4.69) is 15.9 Å². The molecule has 3 aliphatic rings. The van der Waals surface area contributed by atoms with E-state index in [1.165, 1.54) is 0 Å². The van der Waals surface area contributed by atoms with Crippen LogP contribution in [-0.4, -0.2) is 41.7 Å². The molecular weight excluding hydrogens is 434 g/mol. The number of fused-ring (bicyclic) bond motifs is 5. The SMILES string of the molecule is CC(=O)OC(OC(C)=O)[C@@]12C=C[C@@H](O1)[C@H]1C(=O)N(c3ccc(Br)cc3)C(=O)[C@@H]12. The van der Waals surface area contributed by atoms with Crippen molar-refractivity contribution in [3.8, 4) is 0 Å². The fourth-order valence-electron chi connectivity index (χ4n) is 4.06. The number of hydrogen-bond acceptors (Lipinski definition) is 7. The summed E-state index contributed by atoms with van der Waals surface area (Å²) in [5.74, 6) is -4.05. The molecule has 3 heterocycles. The smallest absolute Gasteiger partial charge is 0.305 e.